The molecule has 0 spiro atoms. The second kappa shape index (κ2) is 52.3. The van der Waals surface area contributed by atoms with Crippen LogP contribution in [0.3, 0.4) is 0 Å². The number of carbonyl (C=O) groups is 3. The second-order valence-corrected chi connectivity index (χ2v) is 18.5. The van der Waals surface area contributed by atoms with E-state index in [1.807, 2.05) is 0 Å². The van der Waals surface area contributed by atoms with Gasteiger partial charge in [-0.05, 0) is 77.0 Å². The predicted molar refractivity (Wildman–Crippen MR) is 270 cm³/mol. The first-order valence-corrected chi connectivity index (χ1v) is 27.5. The molecular weight excluding hydrogens is 781 g/mol. The van der Waals surface area contributed by atoms with Crippen molar-refractivity contribution in [3.8, 4) is 0 Å². The van der Waals surface area contributed by atoms with Crippen molar-refractivity contribution < 1.29 is 28.6 Å². The molecule has 0 aromatic heterocycles. The van der Waals surface area contributed by atoms with Crippen LogP contribution in [0.2, 0.25) is 0 Å². The van der Waals surface area contributed by atoms with Gasteiger partial charge in [-0.2, -0.15) is 0 Å². The van der Waals surface area contributed by atoms with Gasteiger partial charge >= 0.3 is 17.9 Å². The van der Waals surface area contributed by atoms with Crippen molar-refractivity contribution in [2.24, 2.45) is 0 Å². The number of rotatable bonds is 50. The monoisotopic (exact) mass is 885 g/mol. The molecule has 1 unspecified atom stereocenters. The zero-order valence-electron chi connectivity index (χ0n) is 42.1. The van der Waals surface area contributed by atoms with E-state index in [1.165, 1.54) is 180 Å². The predicted octanol–water partition coefficient (Wildman–Crippen LogP) is 18.1. The number of hydrogen-bond acceptors (Lipinski definition) is 6. The van der Waals surface area contributed by atoms with E-state index in [2.05, 4.69) is 57.2 Å². The molecule has 0 aliphatic carbocycles. The Morgan fingerprint density at radius 1 is 0.317 bits per heavy atom. The molecule has 0 N–H and O–H groups in total. The summed E-state index contributed by atoms with van der Waals surface area (Å²) in [5, 5.41) is 0. The average molecular weight is 885 g/mol. The fraction of sp³-hybridized carbons (Fsp3) is 0.842. The molecule has 63 heavy (non-hydrogen) atoms. The van der Waals surface area contributed by atoms with Gasteiger partial charge in [0.2, 0.25) is 0 Å². The van der Waals surface area contributed by atoms with E-state index >= 15 is 0 Å². The molecular formula is C57H104O6. The highest BCUT2D eigenvalue weighted by atomic mass is 16.6. The molecule has 0 saturated carbocycles. The fourth-order valence-corrected chi connectivity index (χ4v) is 7.94. The van der Waals surface area contributed by atoms with Gasteiger partial charge < -0.3 is 14.2 Å². The highest BCUT2D eigenvalue weighted by molar-refractivity contribution is 5.71. The largest absolute Gasteiger partial charge is 0.462 e. The molecule has 0 aliphatic rings. The quantitative estimate of drug-likeness (QED) is 0.0262. The number of esters is 3. The van der Waals surface area contributed by atoms with Crippen LogP contribution in [0.25, 0.3) is 0 Å². The number of carbonyl (C=O) groups excluding carboxylic acids is 3. The molecule has 0 radical (unpaired) electrons. The first-order chi connectivity index (χ1) is 31.0. The van der Waals surface area contributed by atoms with Crippen molar-refractivity contribution in [2.45, 2.75) is 297 Å². The van der Waals surface area contributed by atoms with Crippen LogP contribution in [-0.4, -0.2) is 37.2 Å². The summed E-state index contributed by atoms with van der Waals surface area (Å²) in [6, 6.07) is 0. The molecule has 6 nitrogen and oxygen atoms in total. The summed E-state index contributed by atoms with van der Waals surface area (Å²) >= 11 is 0. The molecule has 0 aromatic rings. The van der Waals surface area contributed by atoms with E-state index in [9.17, 15) is 14.4 Å². The summed E-state index contributed by atoms with van der Waals surface area (Å²) in [7, 11) is 0. The Hall–Kier alpha value is -2.37. The van der Waals surface area contributed by atoms with Crippen LogP contribution >= 0.6 is 0 Å². The SMILES string of the molecule is CCCCCC/C=C\C/C=C\CCCCCCCCCC(=O)OCC(COC(=O)CCCCCCCCCCC)OC(=O)CCCCCCCCC/C=C\CCCCCCCCC. The zero-order chi connectivity index (χ0) is 45.8. The lowest BCUT2D eigenvalue weighted by atomic mass is 10.1. The fourth-order valence-electron chi connectivity index (χ4n) is 7.94. The van der Waals surface area contributed by atoms with Gasteiger partial charge in [-0.25, -0.2) is 0 Å². The van der Waals surface area contributed by atoms with E-state index < -0.39 is 6.10 Å². The van der Waals surface area contributed by atoms with Gasteiger partial charge in [0.1, 0.15) is 13.2 Å². The smallest absolute Gasteiger partial charge is 0.306 e. The van der Waals surface area contributed by atoms with Crippen molar-refractivity contribution in [1.82, 2.24) is 0 Å². The lowest BCUT2D eigenvalue weighted by Gasteiger charge is -2.18. The number of ether oxygens (including phenoxy) is 3. The molecule has 0 saturated heterocycles. The Balaban J connectivity index is 4.29. The van der Waals surface area contributed by atoms with Gasteiger partial charge in [0.15, 0.2) is 6.10 Å². The Morgan fingerprint density at radius 3 is 0.905 bits per heavy atom. The Labute approximate surface area is 391 Å². The molecule has 6 heteroatoms. The molecule has 0 rings (SSSR count). The third-order valence-corrected chi connectivity index (χ3v) is 12.1. The van der Waals surface area contributed by atoms with Crippen LogP contribution in [-0.2, 0) is 28.6 Å². The van der Waals surface area contributed by atoms with Crippen molar-refractivity contribution in [3.63, 3.8) is 0 Å². The van der Waals surface area contributed by atoms with Crippen molar-refractivity contribution in [2.75, 3.05) is 13.2 Å². The standard InChI is InChI=1S/C57H104O6/c1-4-7-10-13-16-19-21-23-25-27-29-31-33-35-38-41-44-47-50-56(59)62-53-54(52-61-55(58)49-46-43-40-37-18-15-12-9-6-3)63-57(60)51-48-45-42-39-36-34-32-30-28-26-24-22-20-17-14-11-8-5-2/h19,21,25-28,54H,4-18,20,22-24,29-53H2,1-3H3/b21-19-,27-25-,28-26-. The molecule has 0 amide bonds. The van der Waals surface area contributed by atoms with Crippen molar-refractivity contribution in [1.29, 1.82) is 0 Å². The lowest BCUT2D eigenvalue weighted by Crippen LogP contribution is -2.30. The van der Waals surface area contributed by atoms with Gasteiger partial charge in [0, 0.05) is 19.3 Å². The molecule has 368 valence electrons. The summed E-state index contributed by atoms with van der Waals surface area (Å²) < 4.78 is 16.8. The Bertz CT molecular complexity index is 1060. The minimum atomic E-state index is -0.773. The maximum Gasteiger partial charge on any atom is 0.306 e. The van der Waals surface area contributed by atoms with E-state index in [0.717, 1.165) is 70.6 Å². The number of unbranched alkanes of at least 4 members (excludes halogenated alkanes) is 33. The van der Waals surface area contributed by atoms with E-state index in [0.29, 0.717) is 19.3 Å². The van der Waals surface area contributed by atoms with Gasteiger partial charge in [-0.3, -0.25) is 14.4 Å². The minimum Gasteiger partial charge on any atom is -0.462 e. The van der Waals surface area contributed by atoms with Crippen molar-refractivity contribution >= 4 is 17.9 Å². The number of hydrogen-bond donors (Lipinski definition) is 0. The third-order valence-electron chi connectivity index (χ3n) is 12.1. The molecule has 0 aliphatic heterocycles. The maximum atomic E-state index is 12.8. The van der Waals surface area contributed by atoms with Gasteiger partial charge in [-0.15, -0.1) is 0 Å². The van der Waals surface area contributed by atoms with Crippen LogP contribution in [0.5, 0.6) is 0 Å². The summed E-state index contributed by atoms with van der Waals surface area (Å²) in [4.78, 5) is 38.0. The van der Waals surface area contributed by atoms with Crippen molar-refractivity contribution in [3.05, 3.63) is 36.5 Å². The van der Waals surface area contributed by atoms with Crippen LogP contribution in [0, 0.1) is 0 Å². The van der Waals surface area contributed by atoms with E-state index in [1.54, 1.807) is 0 Å². The topological polar surface area (TPSA) is 78.9 Å². The molecule has 0 heterocycles. The highest BCUT2D eigenvalue weighted by Gasteiger charge is 2.19. The van der Waals surface area contributed by atoms with Crippen LogP contribution in [0.15, 0.2) is 36.5 Å². The normalized spacial score (nSPS) is 12.2. The summed E-state index contributed by atoms with van der Waals surface area (Å²) in [6.07, 6.45) is 61.3. The molecule has 0 bridgehead atoms. The second-order valence-electron chi connectivity index (χ2n) is 18.5. The molecule has 0 aromatic carbocycles. The highest BCUT2D eigenvalue weighted by Crippen LogP contribution is 2.15. The molecule has 0 fully saturated rings. The maximum absolute atomic E-state index is 12.8. The van der Waals surface area contributed by atoms with E-state index in [4.69, 9.17) is 14.2 Å². The van der Waals surface area contributed by atoms with Crippen LogP contribution in [0.4, 0.5) is 0 Å². The van der Waals surface area contributed by atoms with E-state index in [-0.39, 0.29) is 31.1 Å². The lowest BCUT2D eigenvalue weighted by molar-refractivity contribution is -0.167. The minimum absolute atomic E-state index is 0.0738. The summed E-state index contributed by atoms with van der Waals surface area (Å²) in [6.45, 7) is 6.62. The van der Waals surface area contributed by atoms with Gasteiger partial charge in [0.05, 0.1) is 0 Å². The summed E-state index contributed by atoms with van der Waals surface area (Å²) in [5.41, 5.74) is 0. The molecule has 1 atom stereocenters. The first-order valence-electron chi connectivity index (χ1n) is 27.5. The average Bonchev–Trinajstić information content (AvgIpc) is 3.28. The Kier molecular flexibility index (Phi) is 50.3. The zero-order valence-corrected chi connectivity index (χ0v) is 42.1. The Morgan fingerprint density at radius 2 is 0.571 bits per heavy atom. The van der Waals surface area contributed by atoms with Gasteiger partial charge in [0.25, 0.3) is 0 Å². The van der Waals surface area contributed by atoms with Crippen LogP contribution in [0.1, 0.15) is 290 Å². The first kappa shape index (κ1) is 60.6. The van der Waals surface area contributed by atoms with Gasteiger partial charge in [-0.1, -0.05) is 231 Å². The number of allylic oxidation sites excluding steroid dienone is 6. The summed E-state index contributed by atoms with van der Waals surface area (Å²) in [5.74, 6) is -0.877. The third kappa shape index (κ3) is 50.5. The van der Waals surface area contributed by atoms with Crippen LogP contribution < -0.4 is 0 Å².